The zero-order valence-corrected chi connectivity index (χ0v) is 16.2. The second-order valence-electron chi connectivity index (χ2n) is 7.12. The minimum Gasteiger partial charge on any atom is -0.488 e. The lowest BCUT2D eigenvalue weighted by atomic mass is 9.98. The number of fused-ring (bicyclic) bond motifs is 1. The molecule has 0 saturated heterocycles. The monoisotopic (exact) mass is 367 g/mol. The average Bonchev–Trinajstić information content (AvgIpc) is 3.10. The van der Waals surface area contributed by atoms with Crippen LogP contribution in [0, 0.1) is 5.92 Å². The minimum absolute atomic E-state index is 0.0143. The van der Waals surface area contributed by atoms with E-state index in [1.165, 1.54) is 0 Å². The summed E-state index contributed by atoms with van der Waals surface area (Å²) in [4.78, 5) is 12.4. The SMILES string of the molecule is CCCC[C@@H](CC)C(=O)NC[C@H]1Cc2cc(Oc3ccccc3)ccc2O1. The van der Waals surface area contributed by atoms with Crippen LogP contribution in [-0.4, -0.2) is 18.6 Å². The van der Waals surface area contributed by atoms with Crippen molar-refractivity contribution in [2.45, 2.75) is 52.1 Å². The molecule has 0 fully saturated rings. The summed E-state index contributed by atoms with van der Waals surface area (Å²) in [5.74, 6) is 2.77. The van der Waals surface area contributed by atoms with E-state index in [1.54, 1.807) is 0 Å². The number of hydrogen-bond donors (Lipinski definition) is 1. The van der Waals surface area contributed by atoms with Crippen LogP contribution in [0.5, 0.6) is 17.2 Å². The molecule has 0 bridgehead atoms. The first kappa shape index (κ1) is 19.3. The van der Waals surface area contributed by atoms with Gasteiger partial charge in [0.15, 0.2) is 0 Å². The number of carbonyl (C=O) groups excluding carboxylic acids is 1. The maximum atomic E-state index is 12.4. The fourth-order valence-electron chi connectivity index (χ4n) is 3.43. The molecule has 1 heterocycles. The van der Waals surface area contributed by atoms with Gasteiger partial charge in [-0.3, -0.25) is 4.79 Å². The van der Waals surface area contributed by atoms with Gasteiger partial charge in [0, 0.05) is 17.9 Å². The van der Waals surface area contributed by atoms with Crippen LogP contribution in [0.1, 0.15) is 45.1 Å². The van der Waals surface area contributed by atoms with Crippen molar-refractivity contribution in [1.29, 1.82) is 0 Å². The highest BCUT2D eigenvalue weighted by atomic mass is 16.5. The molecule has 0 unspecified atom stereocenters. The number of unbranched alkanes of at least 4 members (excludes halogenated alkanes) is 1. The Hall–Kier alpha value is -2.49. The number of carbonyl (C=O) groups is 1. The normalized spacial score (nSPS) is 16.3. The molecule has 4 nitrogen and oxygen atoms in total. The second kappa shape index (κ2) is 9.45. The Kier molecular flexibility index (Phi) is 6.74. The standard InChI is InChI=1S/C23H29NO3/c1-3-5-9-17(4-2)23(25)24-16-21-15-18-14-20(12-13-22(18)27-21)26-19-10-7-6-8-11-19/h6-8,10-14,17,21H,3-5,9,15-16H2,1-2H3,(H,24,25)/t17-,21-/m1/s1. The first-order valence-corrected chi connectivity index (χ1v) is 9.99. The topological polar surface area (TPSA) is 47.6 Å². The molecule has 144 valence electrons. The predicted molar refractivity (Wildman–Crippen MR) is 107 cm³/mol. The van der Waals surface area contributed by atoms with Crippen molar-refractivity contribution in [3.63, 3.8) is 0 Å². The summed E-state index contributed by atoms with van der Waals surface area (Å²) in [5.41, 5.74) is 1.13. The Balaban J connectivity index is 1.52. The van der Waals surface area contributed by atoms with Crippen LogP contribution in [0.3, 0.4) is 0 Å². The number of nitrogens with one attached hydrogen (secondary N) is 1. The van der Waals surface area contributed by atoms with E-state index < -0.39 is 0 Å². The van der Waals surface area contributed by atoms with Crippen molar-refractivity contribution in [2.24, 2.45) is 5.92 Å². The van der Waals surface area contributed by atoms with Gasteiger partial charge in [0.1, 0.15) is 23.4 Å². The number of para-hydroxylation sites is 1. The van der Waals surface area contributed by atoms with Gasteiger partial charge in [-0.25, -0.2) is 0 Å². The van der Waals surface area contributed by atoms with E-state index in [0.29, 0.717) is 6.54 Å². The van der Waals surface area contributed by atoms with Crippen LogP contribution >= 0.6 is 0 Å². The number of benzene rings is 2. The Bertz CT molecular complexity index is 745. The Labute approximate surface area is 161 Å². The summed E-state index contributed by atoms with van der Waals surface area (Å²) in [6.45, 7) is 4.78. The third-order valence-corrected chi connectivity index (χ3v) is 5.03. The smallest absolute Gasteiger partial charge is 0.223 e. The van der Waals surface area contributed by atoms with Crippen LogP contribution in [0.4, 0.5) is 0 Å². The maximum absolute atomic E-state index is 12.4. The van der Waals surface area contributed by atoms with E-state index in [2.05, 4.69) is 19.2 Å². The van der Waals surface area contributed by atoms with Gasteiger partial charge in [0.25, 0.3) is 0 Å². The summed E-state index contributed by atoms with van der Waals surface area (Å²) in [5, 5.41) is 3.08. The predicted octanol–water partition coefficient (Wildman–Crippen LogP) is 5.12. The van der Waals surface area contributed by atoms with Crippen molar-refractivity contribution in [1.82, 2.24) is 5.32 Å². The molecule has 0 aliphatic carbocycles. The molecular formula is C23H29NO3. The number of rotatable bonds is 9. The quantitative estimate of drug-likeness (QED) is 0.669. The second-order valence-corrected chi connectivity index (χ2v) is 7.12. The lowest BCUT2D eigenvalue weighted by molar-refractivity contribution is -0.125. The van der Waals surface area contributed by atoms with Gasteiger partial charge in [-0.05, 0) is 43.2 Å². The number of amides is 1. The van der Waals surface area contributed by atoms with Crippen LogP contribution in [0.15, 0.2) is 48.5 Å². The van der Waals surface area contributed by atoms with Crippen molar-refractivity contribution in [3.05, 3.63) is 54.1 Å². The molecule has 0 saturated carbocycles. The molecule has 0 radical (unpaired) electrons. The molecule has 0 spiro atoms. The molecule has 3 rings (SSSR count). The Morgan fingerprint density at radius 2 is 2.00 bits per heavy atom. The number of ether oxygens (including phenoxy) is 2. The van der Waals surface area contributed by atoms with Gasteiger partial charge >= 0.3 is 0 Å². The zero-order chi connectivity index (χ0) is 19.1. The van der Waals surface area contributed by atoms with E-state index in [-0.39, 0.29) is 17.9 Å². The average molecular weight is 367 g/mol. The van der Waals surface area contributed by atoms with Crippen molar-refractivity contribution >= 4 is 5.91 Å². The number of hydrogen-bond acceptors (Lipinski definition) is 3. The Morgan fingerprint density at radius 1 is 1.19 bits per heavy atom. The van der Waals surface area contributed by atoms with Crippen molar-refractivity contribution in [3.8, 4) is 17.2 Å². The lowest BCUT2D eigenvalue weighted by Crippen LogP contribution is -2.37. The van der Waals surface area contributed by atoms with E-state index in [9.17, 15) is 4.79 Å². The molecule has 4 heteroatoms. The van der Waals surface area contributed by atoms with E-state index in [0.717, 1.165) is 54.9 Å². The first-order valence-electron chi connectivity index (χ1n) is 9.99. The fraction of sp³-hybridized carbons (Fsp3) is 0.435. The van der Waals surface area contributed by atoms with Gasteiger partial charge in [-0.15, -0.1) is 0 Å². The summed E-state index contributed by atoms with van der Waals surface area (Å²) < 4.78 is 11.9. The first-order chi connectivity index (χ1) is 13.2. The van der Waals surface area contributed by atoms with Gasteiger partial charge in [-0.1, -0.05) is 44.9 Å². The molecule has 1 N–H and O–H groups in total. The van der Waals surface area contributed by atoms with Crippen molar-refractivity contribution in [2.75, 3.05) is 6.54 Å². The van der Waals surface area contributed by atoms with Crippen LogP contribution in [-0.2, 0) is 11.2 Å². The molecule has 1 aliphatic rings. The third-order valence-electron chi connectivity index (χ3n) is 5.03. The molecular weight excluding hydrogens is 338 g/mol. The van der Waals surface area contributed by atoms with E-state index in [1.807, 2.05) is 48.5 Å². The molecule has 1 aliphatic heterocycles. The molecule has 2 aromatic carbocycles. The highest BCUT2D eigenvalue weighted by molar-refractivity contribution is 5.78. The summed E-state index contributed by atoms with van der Waals surface area (Å²) in [6, 6.07) is 15.6. The molecule has 1 amide bonds. The molecule has 2 atom stereocenters. The van der Waals surface area contributed by atoms with Crippen LogP contribution in [0.25, 0.3) is 0 Å². The highest BCUT2D eigenvalue weighted by Crippen LogP contribution is 2.33. The maximum Gasteiger partial charge on any atom is 0.223 e. The minimum atomic E-state index is -0.0143. The lowest BCUT2D eigenvalue weighted by Gasteiger charge is -2.17. The molecule has 0 aromatic heterocycles. The molecule has 2 aromatic rings. The van der Waals surface area contributed by atoms with Crippen molar-refractivity contribution < 1.29 is 14.3 Å². The van der Waals surface area contributed by atoms with Gasteiger partial charge in [0.2, 0.25) is 5.91 Å². The van der Waals surface area contributed by atoms with Gasteiger partial charge in [0.05, 0.1) is 6.54 Å². The largest absolute Gasteiger partial charge is 0.488 e. The Morgan fingerprint density at radius 3 is 2.74 bits per heavy atom. The molecule has 27 heavy (non-hydrogen) atoms. The fourth-order valence-corrected chi connectivity index (χ4v) is 3.43. The highest BCUT2D eigenvalue weighted by Gasteiger charge is 2.25. The van der Waals surface area contributed by atoms with Crippen LogP contribution < -0.4 is 14.8 Å². The van der Waals surface area contributed by atoms with E-state index in [4.69, 9.17) is 9.47 Å². The van der Waals surface area contributed by atoms with Crippen LogP contribution in [0.2, 0.25) is 0 Å². The summed E-state index contributed by atoms with van der Waals surface area (Å²) in [7, 11) is 0. The van der Waals surface area contributed by atoms with E-state index >= 15 is 0 Å². The van der Waals surface area contributed by atoms with Gasteiger partial charge in [-0.2, -0.15) is 0 Å². The third kappa shape index (κ3) is 5.25. The zero-order valence-electron chi connectivity index (χ0n) is 16.2. The summed E-state index contributed by atoms with van der Waals surface area (Å²) in [6.07, 6.45) is 4.84. The van der Waals surface area contributed by atoms with Gasteiger partial charge < -0.3 is 14.8 Å². The summed E-state index contributed by atoms with van der Waals surface area (Å²) >= 11 is 0.